The molecular formula is C28H33N5O. The Bertz CT molecular complexity index is 1070. The van der Waals surface area contributed by atoms with E-state index in [1.54, 1.807) is 6.21 Å². The Morgan fingerprint density at radius 1 is 0.824 bits per heavy atom. The SMILES string of the molecule is CN(C)c1ccc(/C=N\NC(=O)c2ccc(CN3CCN(Cc4ccccc4)CC3)cc2)cc1. The molecule has 1 aliphatic heterocycles. The third-order valence-electron chi connectivity index (χ3n) is 6.13. The molecule has 0 radical (unpaired) electrons. The third-order valence-corrected chi connectivity index (χ3v) is 6.13. The fourth-order valence-electron chi connectivity index (χ4n) is 4.06. The fraction of sp³-hybridized carbons (Fsp3) is 0.286. The van der Waals surface area contributed by atoms with Crippen molar-refractivity contribution in [3.8, 4) is 0 Å². The molecule has 1 saturated heterocycles. The fourth-order valence-corrected chi connectivity index (χ4v) is 4.06. The number of carbonyl (C=O) groups excluding carboxylic acids is 1. The number of hydrogen-bond donors (Lipinski definition) is 1. The van der Waals surface area contributed by atoms with Crippen LogP contribution in [0.15, 0.2) is 84.0 Å². The van der Waals surface area contributed by atoms with Crippen LogP contribution < -0.4 is 10.3 Å². The average molecular weight is 456 g/mol. The maximum absolute atomic E-state index is 12.4. The first-order chi connectivity index (χ1) is 16.6. The first-order valence-electron chi connectivity index (χ1n) is 11.8. The lowest BCUT2D eigenvalue weighted by Crippen LogP contribution is -2.45. The zero-order valence-corrected chi connectivity index (χ0v) is 20.0. The van der Waals surface area contributed by atoms with E-state index in [4.69, 9.17) is 0 Å². The highest BCUT2D eigenvalue weighted by atomic mass is 16.2. The van der Waals surface area contributed by atoms with E-state index >= 15 is 0 Å². The Morgan fingerprint density at radius 3 is 1.94 bits per heavy atom. The van der Waals surface area contributed by atoms with Gasteiger partial charge in [-0.2, -0.15) is 5.10 Å². The number of carbonyl (C=O) groups is 1. The van der Waals surface area contributed by atoms with E-state index in [-0.39, 0.29) is 5.91 Å². The molecule has 0 saturated carbocycles. The van der Waals surface area contributed by atoms with E-state index in [0.29, 0.717) is 5.56 Å². The van der Waals surface area contributed by atoms with Crippen LogP contribution >= 0.6 is 0 Å². The van der Waals surface area contributed by atoms with E-state index in [1.807, 2.05) is 67.5 Å². The van der Waals surface area contributed by atoms with E-state index in [2.05, 4.69) is 50.7 Å². The molecule has 6 heteroatoms. The topological polar surface area (TPSA) is 51.2 Å². The zero-order valence-electron chi connectivity index (χ0n) is 20.0. The van der Waals surface area contributed by atoms with E-state index < -0.39 is 0 Å². The molecule has 0 aromatic heterocycles. The van der Waals surface area contributed by atoms with Gasteiger partial charge in [0.2, 0.25) is 0 Å². The van der Waals surface area contributed by atoms with Crippen LogP contribution in [0.1, 0.15) is 27.0 Å². The van der Waals surface area contributed by atoms with Crippen LogP contribution in [0, 0.1) is 0 Å². The van der Waals surface area contributed by atoms with Crippen LogP contribution in [0.5, 0.6) is 0 Å². The zero-order chi connectivity index (χ0) is 23.8. The Hall–Kier alpha value is -3.48. The summed E-state index contributed by atoms with van der Waals surface area (Å²) in [7, 11) is 4.00. The molecule has 3 aromatic carbocycles. The highest BCUT2D eigenvalue weighted by Gasteiger charge is 2.17. The number of rotatable bonds is 8. The van der Waals surface area contributed by atoms with E-state index in [9.17, 15) is 4.79 Å². The normalized spacial score (nSPS) is 14.9. The summed E-state index contributed by atoms with van der Waals surface area (Å²) in [5.74, 6) is -0.206. The van der Waals surface area contributed by atoms with Gasteiger partial charge in [-0.3, -0.25) is 14.6 Å². The minimum absolute atomic E-state index is 0.206. The molecule has 3 aromatic rings. The van der Waals surface area contributed by atoms with Crippen LogP contribution in [-0.2, 0) is 13.1 Å². The third kappa shape index (κ3) is 6.76. The summed E-state index contributed by atoms with van der Waals surface area (Å²) in [6.45, 7) is 6.18. The second-order valence-corrected chi connectivity index (χ2v) is 8.92. The number of anilines is 1. The molecule has 1 N–H and O–H groups in total. The summed E-state index contributed by atoms with van der Waals surface area (Å²) in [4.78, 5) is 19.4. The molecule has 1 amide bonds. The number of hydrogen-bond acceptors (Lipinski definition) is 5. The lowest BCUT2D eigenvalue weighted by Gasteiger charge is -2.34. The molecule has 0 bridgehead atoms. The van der Waals surface area contributed by atoms with Crippen molar-refractivity contribution in [3.63, 3.8) is 0 Å². The molecule has 0 spiro atoms. The monoisotopic (exact) mass is 455 g/mol. The lowest BCUT2D eigenvalue weighted by molar-refractivity contribution is 0.0955. The standard InChI is InChI=1S/C28H33N5O/c1-31(2)27-14-10-23(11-15-27)20-29-30-28(34)26-12-8-25(9-13-26)22-33-18-16-32(17-19-33)21-24-6-4-3-5-7-24/h3-15,20H,16-19,21-22H2,1-2H3,(H,30,34)/b29-20-. The molecule has 0 atom stereocenters. The van der Waals surface area contributed by atoms with Crippen molar-refractivity contribution in [2.45, 2.75) is 13.1 Å². The second-order valence-electron chi connectivity index (χ2n) is 8.92. The van der Waals surface area contributed by atoms with Gasteiger partial charge in [0, 0.05) is 64.6 Å². The minimum atomic E-state index is -0.206. The van der Waals surface area contributed by atoms with Gasteiger partial charge in [-0.25, -0.2) is 5.43 Å². The van der Waals surface area contributed by atoms with Crippen LogP contribution in [0.2, 0.25) is 0 Å². The minimum Gasteiger partial charge on any atom is -0.378 e. The number of amides is 1. The summed E-state index contributed by atoms with van der Waals surface area (Å²) in [6, 6.07) is 26.5. The van der Waals surface area contributed by atoms with E-state index in [1.165, 1.54) is 11.1 Å². The van der Waals surface area contributed by atoms with Gasteiger partial charge < -0.3 is 4.90 Å². The number of nitrogens with zero attached hydrogens (tertiary/aromatic N) is 4. The lowest BCUT2D eigenvalue weighted by atomic mass is 10.1. The van der Waals surface area contributed by atoms with Crippen molar-refractivity contribution in [3.05, 3.63) is 101 Å². The van der Waals surface area contributed by atoms with Gasteiger partial charge in [-0.15, -0.1) is 0 Å². The predicted molar refractivity (Wildman–Crippen MR) is 139 cm³/mol. The van der Waals surface area contributed by atoms with Gasteiger partial charge in [0.05, 0.1) is 6.21 Å². The number of benzene rings is 3. The molecule has 1 heterocycles. The molecule has 34 heavy (non-hydrogen) atoms. The molecule has 1 aliphatic rings. The highest BCUT2D eigenvalue weighted by Crippen LogP contribution is 2.13. The van der Waals surface area contributed by atoms with Crippen molar-refractivity contribution in [2.75, 3.05) is 45.2 Å². The van der Waals surface area contributed by atoms with Crippen molar-refractivity contribution in [1.29, 1.82) is 0 Å². The van der Waals surface area contributed by atoms with Crippen LogP contribution in [-0.4, -0.2) is 62.2 Å². The Morgan fingerprint density at radius 2 is 1.38 bits per heavy atom. The molecule has 1 fully saturated rings. The van der Waals surface area contributed by atoms with Gasteiger partial charge in [-0.05, 0) is 41.0 Å². The van der Waals surface area contributed by atoms with Crippen molar-refractivity contribution in [1.82, 2.24) is 15.2 Å². The Balaban J connectivity index is 1.22. The van der Waals surface area contributed by atoms with Gasteiger partial charge in [0.15, 0.2) is 0 Å². The molecule has 0 aliphatic carbocycles. The van der Waals surface area contributed by atoms with Crippen molar-refractivity contribution < 1.29 is 4.79 Å². The first kappa shape index (κ1) is 23.7. The van der Waals surface area contributed by atoms with Crippen molar-refractivity contribution >= 4 is 17.8 Å². The maximum Gasteiger partial charge on any atom is 0.271 e. The first-order valence-corrected chi connectivity index (χ1v) is 11.8. The van der Waals surface area contributed by atoms with Gasteiger partial charge >= 0.3 is 0 Å². The molecule has 4 rings (SSSR count). The molecule has 0 unspecified atom stereocenters. The van der Waals surface area contributed by atoms with Crippen LogP contribution in [0.4, 0.5) is 5.69 Å². The summed E-state index contributed by atoms with van der Waals surface area (Å²) < 4.78 is 0. The summed E-state index contributed by atoms with van der Waals surface area (Å²) in [5.41, 5.74) is 7.87. The quantitative estimate of drug-likeness (QED) is 0.414. The average Bonchev–Trinajstić information content (AvgIpc) is 2.86. The Labute approximate surface area is 202 Å². The van der Waals surface area contributed by atoms with Gasteiger partial charge in [0.1, 0.15) is 0 Å². The summed E-state index contributed by atoms with van der Waals surface area (Å²) in [6.07, 6.45) is 1.66. The summed E-state index contributed by atoms with van der Waals surface area (Å²) >= 11 is 0. The Kier molecular flexibility index (Phi) is 8.07. The van der Waals surface area contributed by atoms with Crippen LogP contribution in [0.25, 0.3) is 0 Å². The maximum atomic E-state index is 12.4. The smallest absolute Gasteiger partial charge is 0.271 e. The number of nitrogens with one attached hydrogen (secondary N) is 1. The second kappa shape index (κ2) is 11.6. The van der Waals surface area contributed by atoms with Gasteiger partial charge in [0.25, 0.3) is 5.91 Å². The number of piperazine rings is 1. The van der Waals surface area contributed by atoms with E-state index in [0.717, 1.165) is 50.5 Å². The molecule has 176 valence electrons. The van der Waals surface area contributed by atoms with Crippen molar-refractivity contribution in [2.24, 2.45) is 5.10 Å². The molecule has 6 nitrogen and oxygen atoms in total. The largest absolute Gasteiger partial charge is 0.378 e. The summed E-state index contributed by atoms with van der Waals surface area (Å²) in [5, 5.41) is 4.09. The highest BCUT2D eigenvalue weighted by molar-refractivity contribution is 5.94. The van der Waals surface area contributed by atoms with Crippen LogP contribution in [0.3, 0.4) is 0 Å². The van der Waals surface area contributed by atoms with Gasteiger partial charge in [-0.1, -0.05) is 54.6 Å². The predicted octanol–water partition coefficient (Wildman–Crippen LogP) is 3.83. The molecular weight excluding hydrogens is 422 g/mol. The number of hydrazone groups is 1.